The molecule has 136 valence electrons. The van der Waals surface area contributed by atoms with Gasteiger partial charge in [0.25, 0.3) is 5.91 Å². The first-order valence-corrected chi connectivity index (χ1v) is 11.1. The van der Waals surface area contributed by atoms with Gasteiger partial charge in [-0.05, 0) is 56.1 Å². The fourth-order valence-corrected chi connectivity index (χ4v) is 6.09. The molecule has 3 N–H and O–H groups in total. The molecule has 6 nitrogen and oxygen atoms in total. The van der Waals surface area contributed by atoms with E-state index in [1.807, 2.05) is 12.1 Å². The SMILES string of the molecule is NC1(C2CCS(=O)(=NC(=O)Cc3ccc4c(n3)NCCC4)CC2)CC1. The molecule has 0 radical (unpaired) electrons. The number of carbonyl (C=O) groups is 1. The van der Waals surface area contributed by atoms with Crippen molar-refractivity contribution >= 4 is 21.5 Å². The molecule has 1 amide bonds. The zero-order valence-electron chi connectivity index (χ0n) is 14.5. The first kappa shape index (κ1) is 17.0. The summed E-state index contributed by atoms with van der Waals surface area (Å²) in [6.45, 7) is 0.916. The monoisotopic (exact) mass is 362 g/mol. The molecule has 1 aromatic rings. The first-order chi connectivity index (χ1) is 12.0. The number of anilines is 1. The molecule has 0 aromatic carbocycles. The van der Waals surface area contributed by atoms with Gasteiger partial charge >= 0.3 is 0 Å². The maximum absolute atomic E-state index is 12.9. The maximum Gasteiger partial charge on any atom is 0.259 e. The molecule has 0 unspecified atom stereocenters. The molecule has 4 rings (SSSR count). The summed E-state index contributed by atoms with van der Waals surface area (Å²) in [7, 11) is -2.42. The molecule has 0 spiro atoms. The number of rotatable bonds is 3. The molecule has 0 bridgehead atoms. The minimum absolute atomic E-state index is 0.0230. The maximum atomic E-state index is 12.9. The van der Waals surface area contributed by atoms with Crippen LogP contribution in [0.25, 0.3) is 0 Å². The molecule has 1 saturated carbocycles. The number of carbonyl (C=O) groups excluding carboxylic acids is 1. The van der Waals surface area contributed by atoms with E-state index in [1.54, 1.807) is 0 Å². The third-order valence-corrected chi connectivity index (χ3v) is 8.05. The van der Waals surface area contributed by atoms with Gasteiger partial charge in [-0.15, -0.1) is 0 Å². The number of pyridine rings is 1. The van der Waals surface area contributed by atoms with Crippen molar-refractivity contribution in [1.29, 1.82) is 0 Å². The molecule has 25 heavy (non-hydrogen) atoms. The van der Waals surface area contributed by atoms with Gasteiger partial charge in [0.05, 0.1) is 21.8 Å². The summed E-state index contributed by atoms with van der Waals surface area (Å²) < 4.78 is 17.0. The Morgan fingerprint density at radius 1 is 1.36 bits per heavy atom. The Morgan fingerprint density at radius 2 is 2.12 bits per heavy atom. The highest BCUT2D eigenvalue weighted by Gasteiger charge is 2.46. The van der Waals surface area contributed by atoms with Gasteiger partial charge < -0.3 is 11.1 Å². The molecule has 3 heterocycles. The van der Waals surface area contributed by atoms with E-state index in [2.05, 4.69) is 14.7 Å². The molecule has 3 aliphatic rings. The Balaban J connectivity index is 1.41. The Morgan fingerprint density at radius 3 is 2.84 bits per heavy atom. The van der Waals surface area contributed by atoms with E-state index in [0.29, 0.717) is 23.1 Å². The Hall–Kier alpha value is -1.47. The van der Waals surface area contributed by atoms with Gasteiger partial charge in [0.15, 0.2) is 0 Å². The largest absolute Gasteiger partial charge is 0.370 e. The van der Waals surface area contributed by atoms with Crippen molar-refractivity contribution in [2.24, 2.45) is 16.0 Å². The van der Waals surface area contributed by atoms with Crippen LogP contribution < -0.4 is 11.1 Å². The number of hydrogen-bond donors (Lipinski definition) is 2. The molecular weight excluding hydrogens is 336 g/mol. The van der Waals surface area contributed by atoms with Crippen LogP contribution >= 0.6 is 0 Å². The van der Waals surface area contributed by atoms with Gasteiger partial charge in [0.1, 0.15) is 5.82 Å². The first-order valence-electron chi connectivity index (χ1n) is 9.23. The molecule has 7 heteroatoms. The van der Waals surface area contributed by atoms with Crippen LogP contribution in [0.15, 0.2) is 16.5 Å². The van der Waals surface area contributed by atoms with E-state index in [0.717, 1.165) is 50.9 Å². The van der Waals surface area contributed by atoms with Gasteiger partial charge in [-0.25, -0.2) is 9.19 Å². The highest BCUT2D eigenvalue weighted by molar-refractivity contribution is 7.93. The van der Waals surface area contributed by atoms with Gasteiger partial charge in [0.2, 0.25) is 0 Å². The standard InChI is InChI=1S/C18H26N4O2S/c19-18(7-8-18)14-5-10-25(24,11-6-14)22-16(23)12-15-4-3-13-2-1-9-20-17(13)21-15/h3-4,14H,1-2,5-12,19H2,(H,20,21). The summed E-state index contributed by atoms with van der Waals surface area (Å²) in [5, 5.41) is 3.27. The van der Waals surface area contributed by atoms with E-state index >= 15 is 0 Å². The van der Waals surface area contributed by atoms with Crippen molar-refractivity contribution < 1.29 is 9.00 Å². The van der Waals surface area contributed by atoms with Gasteiger partial charge in [0, 0.05) is 23.6 Å². The summed E-state index contributed by atoms with van der Waals surface area (Å²) in [5.74, 6) is 2.00. The average molecular weight is 362 g/mol. The van der Waals surface area contributed by atoms with Crippen LogP contribution in [0.2, 0.25) is 0 Å². The van der Waals surface area contributed by atoms with Crippen molar-refractivity contribution in [3.05, 3.63) is 23.4 Å². The van der Waals surface area contributed by atoms with Crippen molar-refractivity contribution in [2.75, 3.05) is 23.4 Å². The third kappa shape index (κ3) is 3.72. The highest BCUT2D eigenvalue weighted by atomic mass is 32.2. The summed E-state index contributed by atoms with van der Waals surface area (Å²) >= 11 is 0. The number of fused-ring (bicyclic) bond motifs is 1. The van der Waals surface area contributed by atoms with Crippen molar-refractivity contribution in [3.8, 4) is 0 Å². The second-order valence-electron chi connectivity index (χ2n) is 7.69. The lowest BCUT2D eigenvalue weighted by molar-refractivity contribution is -0.117. The third-order valence-electron chi connectivity index (χ3n) is 5.76. The van der Waals surface area contributed by atoms with Crippen molar-refractivity contribution in [1.82, 2.24) is 4.98 Å². The van der Waals surface area contributed by atoms with Crippen molar-refractivity contribution in [2.45, 2.75) is 50.5 Å². The van der Waals surface area contributed by atoms with Crippen LogP contribution in [-0.2, 0) is 27.4 Å². The second kappa shape index (κ2) is 6.36. The topological polar surface area (TPSA) is 97.4 Å². The number of aryl methyl sites for hydroxylation is 1. The fraction of sp³-hybridized carbons (Fsp3) is 0.667. The summed E-state index contributed by atoms with van der Waals surface area (Å²) in [6, 6.07) is 3.91. The Kier molecular flexibility index (Phi) is 4.32. The molecule has 1 saturated heterocycles. The average Bonchev–Trinajstić information content (AvgIpc) is 3.33. The molecule has 2 fully saturated rings. The zero-order valence-corrected chi connectivity index (χ0v) is 15.3. The van der Waals surface area contributed by atoms with Crippen LogP contribution in [0.1, 0.15) is 43.4 Å². The lowest BCUT2D eigenvalue weighted by Crippen LogP contribution is -2.38. The number of hydrogen-bond acceptors (Lipinski definition) is 5. The van der Waals surface area contributed by atoms with Crippen LogP contribution in [0, 0.1) is 5.92 Å². The Labute approximate surface area is 149 Å². The molecule has 2 aliphatic heterocycles. The molecule has 0 atom stereocenters. The van der Waals surface area contributed by atoms with Gasteiger partial charge in [-0.1, -0.05) is 6.07 Å². The van der Waals surface area contributed by atoms with Gasteiger partial charge in [-0.3, -0.25) is 4.79 Å². The number of nitrogens with two attached hydrogens (primary N) is 1. The smallest absolute Gasteiger partial charge is 0.259 e. The van der Waals surface area contributed by atoms with Crippen LogP contribution in [-0.4, -0.2) is 38.7 Å². The van der Waals surface area contributed by atoms with Crippen LogP contribution in [0.3, 0.4) is 0 Å². The fourth-order valence-electron chi connectivity index (χ4n) is 3.96. The highest BCUT2D eigenvalue weighted by Crippen LogP contribution is 2.44. The van der Waals surface area contributed by atoms with Crippen molar-refractivity contribution in [3.63, 3.8) is 0 Å². The normalized spacial score (nSPS) is 30.0. The number of nitrogens with one attached hydrogen (secondary N) is 1. The number of aromatic nitrogens is 1. The summed E-state index contributed by atoms with van der Waals surface area (Å²) in [5.41, 5.74) is 8.13. The summed E-state index contributed by atoms with van der Waals surface area (Å²) in [6.07, 6.45) is 6.05. The van der Waals surface area contributed by atoms with E-state index in [1.165, 1.54) is 5.56 Å². The van der Waals surface area contributed by atoms with E-state index in [4.69, 9.17) is 5.73 Å². The predicted molar refractivity (Wildman–Crippen MR) is 98.9 cm³/mol. The van der Waals surface area contributed by atoms with E-state index < -0.39 is 9.73 Å². The minimum Gasteiger partial charge on any atom is -0.370 e. The lowest BCUT2D eigenvalue weighted by atomic mass is 9.92. The van der Waals surface area contributed by atoms with Crippen LogP contribution in [0.5, 0.6) is 0 Å². The second-order valence-corrected chi connectivity index (χ2v) is 10.2. The van der Waals surface area contributed by atoms with Crippen LogP contribution in [0.4, 0.5) is 5.82 Å². The van der Waals surface area contributed by atoms with E-state index in [9.17, 15) is 9.00 Å². The molecular formula is C18H26N4O2S. The minimum atomic E-state index is -2.42. The number of nitrogens with zero attached hydrogens (tertiary/aromatic N) is 2. The number of amides is 1. The zero-order chi connectivity index (χ0) is 17.5. The van der Waals surface area contributed by atoms with Gasteiger partial charge in [-0.2, -0.15) is 4.36 Å². The summed E-state index contributed by atoms with van der Waals surface area (Å²) in [4.78, 5) is 16.8. The molecule has 1 aromatic heterocycles. The quantitative estimate of drug-likeness (QED) is 0.855. The van der Waals surface area contributed by atoms with E-state index in [-0.39, 0.29) is 17.9 Å². The lowest BCUT2D eigenvalue weighted by Gasteiger charge is -2.29. The predicted octanol–water partition coefficient (Wildman–Crippen LogP) is 1.88. The Bertz CT molecular complexity index is 795. The molecule has 1 aliphatic carbocycles.